The molecule has 0 aliphatic carbocycles. The molecule has 150 valence electrons. The third-order valence-electron chi connectivity index (χ3n) is 5.97. The van der Waals surface area contributed by atoms with E-state index in [4.69, 9.17) is 4.74 Å². The predicted molar refractivity (Wildman–Crippen MR) is 104 cm³/mol. The molecule has 0 aromatic carbocycles. The Morgan fingerprint density at radius 1 is 1.04 bits per heavy atom. The van der Waals surface area contributed by atoms with Gasteiger partial charge in [0.2, 0.25) is 0 Å². The van der Waals surface area contributed by atoms with Gasteiger partial charge in [-0.3, -0.25) is 4.90 Å². The van der Waals surface area contributed by atoms with Crippen LogP contribution in [0.2, 0.25) is 0 Å². The van der Waals surface area contributed by atoms with E-state index < -0.39 is 5.60 Å². The van der Waals surface area contributed by atoms with Gasteiger partial charge in [-0.2, -0.15) is 0 Å². The summed E-state index contributed by atoms with van der Waals surface area (Å²) in [5, 5.41) is 3.60. The Hall–Kier alpha value is -0.850. The summed E-state index contributed by atoms with van der Waals surface area (Å²) < 4.78 is 5.53. The van der Waals surface area contributed by atoms with E-state index in [0.717, 1.165) is 45.2 Å². The van der Waals surface area contributed by atoms with Gasteiger partial charge in [-0.1, -0.05) is 6.42 Å². The minimum atomic E-state index is -0.416. The second kappa shape index (κ2) is 8.89. The van der Waals surface area contributed by atoms with Crippen molar-refractivity contribution in [3.8, 4) is 0 Å². The lowest BCUT2D eigenvalue weighted by Gasteiger charge is -2.45. The van der Waals surface area contributed by atoms with Gasteiger partial charge in [-0.25, -0.2) is 4.79 Å². The molecule has 2 atom stereocenters. The van der Waals surface area contributed by atoms with Crippen LogP contribution < -0.4 is 5.32 Å². The molecule has 3 rings (SSSR count). The lowest BCUT2D eigenvalue weighted by molar-refractivity contribution is 0.00174. The molecule has 6 nitrogen and oxygen atoms in total. The number of amides is 1. The molecule has 0 aromatic rings. The number of likely N-dealkylation sites (tertiary alicyclic amines) is 1. The molecule has 0 spiro atoms. The highest BCUT2D eigenvalue weighted by atomic mass is 16.6. The highest BCUT2D eigenvalue weighted by Gasteiger charge is 2.34. The van der Waals surface area contributed by atoms with Crippen LogP contribution in [0, 0.1) is 5.92 Å². The number of carbonyl (C=O) groups excluding carboxylic acids is 1. The lowest BCUT2D eigenvalue weighted by Crippen LogP contribution is -2.59. The fourth-order valence-corrected chi connectivity index (χ4v) is 4.57. The van der Waals surface area contributed by atoms with E-state index in [0.29, 0.717) is 6.04 Å². The largest absolute Gasteiger partial charge is 0.444 e. The molecule has 2 unspecified atom stereocenters. The third-order valence-corrected chi connectivity index (χ3v) is 5.97. The Bertz CT molecular complexity index is 451. The zero-order valence-corrected chi connectivity index (χ0v) is 17.0. The van der Waals surface area contributed by atoms with E-state index >= 15 is 0 Å². The van der Waals surface area contributed by atoms with Gasteiger partial charge in [-0.15, -0.1) is 0 Å². The lowest BCUT2D eigenvalue weighted by atomic mass is 9.89. The maximum atomic E-state index is 12.3. The molecule has 3 fully saturated rings. The van der Waals surface area contributed by atoms with Crippen molar-refractivity contribution in [1.29, 1.82) is 0 Å². The average molecular weight is 367 g/mol. The Kier molecular flexibility index (Phi) is 6.81. The molecule has 0 radical (unpaired) electrons. The van der Waals surface area contributed by atoms with Gasteiger partial charge < -0.3 is 19.9 Å². The molecule has 1 N–H and O–H groups in total. The fraction of sp³-hybridized carbons (Fsp3) is 0.950. The van der Waals surface area contributed by atoms with Crippen LogP contribution in [0.5, 0.6) is 0 Å². The van der Waals surface area contributed by atoms with Crippen LogP contribution in [0.4, 0.5) is 4.79 Å². The minimum absolute atomic E-state index is 0.163. The number of carbonyl (C=O) groups is 1. The summed E-state index contributed by atoms with van der Waals surface area (Å²) in [4.78, 5) is 19.5. The first-order valence-corrected chi connectivity index (χ1v) is 10.6. The topological polar surface area (TPSA) is 48.1 Å². The molecule has 3 aliphatic heterocycles. The predicted octanol–water partition coefficient (Wildman–Crippen LogP) is 2.00. The second-order valence-corrected chi connectivity index (χ2v) is 9.18. The van der Waals surface area contributed by atoms with Crippen molar-refractivity contribution >= 4 is 6.09 Å². The number of piperidine rings is 2. The van der Waals surface area contributed by atoms with Crippen LogP contribution in [0.3, 0.4) is 0 Å². The summed E-state index contributed by atoms with van der Waals surface area (Å²) >= 11 is 0. The van der Waals surface area contributed by atoms with Crippen LogP contribution in [-0.4, -0.2) is 91.3 Å². The van der Waals surface area contributed by atoms with Crippen molar-refractivity contribution < 1.29 is 9.53 Å². The molecule has 3 saturated heterocycles. The standard InChI is InChI=1S/C20H38N4O2/c1-20(2,3)26-19(25)24-13-11-23(12-14-24)18-15-21-8-7-17(18)16-22-9-5-4-6-10-22/h17-18,21H,4-16H2,1-3H3. The van der Waals surface area contributed by atoms with Gasteiger partial charge in [0, 0.05) is 45.3 Å². The van der Waals surface area contributed by atoms with E-state index in [-0.39, 0.29) is 6.09 Å². The molecule has 26 heavy (non-hydrogen) atoms. The Morgan fingerprint density at radius 2 is 1.73 bits per heavy atom. The highest BCUT2D eigenvalue weighted by Crippen LogP contribution is 2.23. The van der Waals surface area contributed by atoms with Crippen molar-refractivity contribution in [2.75, 3.05) is 58.9 Å². The first-order valence-electron chi connectivity index (χ1n) is 10.6. The zero-order chi connectivity index (χ0) is 18.6. The van der Waals surface area contributed by atoms with E-state index in [9.17, 15) is 4.79 Å². The molecular weight excluding hydrogens is 328 g/mol. The SMILES string of the molecule is CC(C)(C)OC(=O)N1CCN(C2CNCCC2CN2CCCCC2)CC1. The zero-order valence-electron chi connectivity index (χ0n) is 17.0. The number of piperazine rings is 1. The van der Waals surface area contributed by atoms with Gasteiger partial charge in [0.05, 0.1) is 0 Å². The highest BCUT2D eigenvalue weighted by molar-refractivity contribution is 5.68. The van der Waals surface area contributed by atoms with Crippen LogP contribution in [0.25, 0.3) is 0 Å². The van der Waals surface area contributed by atoms with E-state index in [1.165, 1.54) is 45.3 Å². The quantitative estimate of drug-likeness (QED) is 0.828. The number of rotatable bonds is 3. The van der Waals surface area contributed by atoms with Crippen LogP contribution in [0.1, 0.15) is 46.5 Å². The monoisotopic (exact) mass is 366 g/mol. The van der Waals surface area contributed by atoms with Gasteiger partial charge in [-0.05, 0) is 65.6 Å². The molecule has 3 heterocycles. The molecular formula is C20H38N4O2. The first-order chi connectivity index (χ1) is 12.4. The number of hydrogen-bond donors (Lipinski definition) is 1. The number of nitrogens with zero attached hydrogens (tertiary/aromatic N) is 3. The molecule has 3 aliphatic rings. The summed E-state index contributed by atoms with van der Waals surface area (Å²) in [5.74, 6) is 0.752. The van der Waals surface area contributed by atoms with Crippen LogP contribution in [-0.2, 0) is 4.74 Å². The second-order valence-electron chi connectivity index (χ2n) is 9.18. The number of nitrogens with one attached hydrogen (secondary N) is 1. The number of ether oxygens (including phenoxy) is 1. The molecule has 1 amide bonds. The Labute approximate surface area is 159 Å². The molecule has 0 aromatic heterocycles. The summed E-state index contributed by atoms with van der Waals surface area (Å²) in [6.45, 7) is 15.3. The Morgan fingerprint density at radius 3 is 2.38 bits per heavy atom. The van der Waals surface area contributed by atoms with Crippen molar-refractivity contribution in [2.24, 2.45) is 5.92 Å². The van der Waals surface area contributed by atoms with Crippen molar-refractivity contribution in [1.82, 2.24) is 20.0 Å². The molecule has 6 heteroatoms. The summed E-state index contributed by atoms with van der Waals surface area (Å²) in [6, 6.07) is 0.603. The van der Waals surface area contributed by atoms with E-state index in [1.807, 2.05) is 25.7 Å². The van der Waals surface area contributed by atoms with Crippen molar-refractivity contribution in [3.63, 3.8) is 0 Å². The average Bonchev–Trinajstić information content (AvgIpc) is 2.62. The fourth-order valence-electron chi connectivity index (χ4n) is 4.57. The Balaban J connectivity index is 1.50. The van der Waals surface area contributed by atoms with Crippen LogP contribution in [0.15, 0.2) is 0 Å². The van der Waals surface area contributed by atoms with E-state index in [1.54, 1.807) is 0 Å². The third kappa shape index (κ3) is 5.57. The summed E-state index contributed by atoms with van der Waals surface area (Å²) in [7, 11) is 0. The van der Waals surface area contributed by atoms with Gasteiger partial charge in [0.25, 0.3) is 0 Å². The van der Waals surface area contributed by atoms with Crippen molar-refractivity contribution in [3.05, 3.63) is 0 Å². The summed E-state index contributed by atoms with van der Waals surface area (Å²) in [6.07, 6.45) is 5.24. The molecule has 0 saturated carbocycles. The first kappa shape index (κ1) is 19.9. The maximum Gasteiger partial charge on any atom is 0.410 e. The smallest absolute Gasteiger partial charge is 0.410 e. The summed E-state index contributed by atoms with van der Waals surface area (Å²) in [5.41, 5.74) is -0.416. The van der Waals surface area contributed by atoms with Crippen LogP contribution >= 0.6 is 0 Å². The van der Waals surface area contributed by atoms with Gasteiger partial charge in [0.15, 0.2) is 0 Å². The van der Waals surface area contributed by atoms with E-state index in [2.05, 4.69) is 15.1 Å². The maximum absolute atomic E-state index is 12.3. The van der Waals surface area contributed by atoms with Crippen molar-refractivity contribution in [2.45, 2.75) is 58.1 Å². The molecule has 0 bridgehead atoms. The normalized spacial score (nSPS) is 29.6. The van der Waals surface area contributed by atoms with Gasteiger partial charge >= 0.3 is 6.09 Å². The van der Waals surface area contributed by atoms with Gasteiger partial charge in [0.1, 0.15) is 5.60 Å². The minimum Gasteiger partial charge on any atom is -0.444 e. The number of hydrogen-bond acceptors (Lipinski definition) is 5.